The Morgan fingerprint density at radius 3 is 2.95 bits per heavy atom. The molecule has 2 aliphatic rings. The van der Waals surface area contributed by atoms with Gasteiger partial charge < -0.3 is 15.0 Å². The zero-order chi connectivity index (χ0) is 13.9. The molecule has 2 fully saturated rings. The highest BCUT2D eigenvalue weighted by Gasteiger charge is 2.38. The third kappa shape index (κ3) is 2.80. The third-order valence-electron chi connectivity index (χ3n) is 4.39. The van der Waals surface area contributed by atoms with Crippen LogP contribution in [0.3, 0.4) is 0 Å². The van der Waals surface area contributed by atoms with Crippen LogP contribution in [0, 0.1) is 0 Å². The first-order valence-electron chi connectivity index (χ1n) is 7.46. The quantitative estimate of drug-likeness (QED) is 0.901. The number of amides is 1. The van der Waals surface area contributed by atoms with Crippen molar-refractivity contribution in [3.05, 3.63) is 35.9 Å². The number of ether oxygens (including phenoxy) is 1. The van der Waals surface area contributed by atoms with E-state index in [9.17, 15) is 4.79 Å². The molecule has 1 saturated carbocycles. The second kappa shape index (κ2) is 5.83. The fourth-order valence-corrected chi connectivity index (χ4v) is 3.31. The average molecular weight is 274 g/mol. The van der Waals surface area contributed by atoms with Gasteiger partial charge in [0.15, 0.2) is 0 Å². The van der Waals surface area contributed by atoms with Crippen LogP contribution >= 0.6 is 0 Å². The molecule has 1 heterocycles. The van der Waals surface area contributed by atoms with Gasteiger partial charge in [0.05, 0.1) is 0 Å². The van der Waals surface area contributed by atoms with Gasteiger partial charge >= 0.3 is 6.09 Å². The number of fused-ring (bicyclic) bond motifs is 2. The van der Waals surface area contributed by atoms with Crippen LogP contribution in [-0.4, -0.2) is 35.7 Å². The maximum atomic E-state index is 12.4. The number of nitrogens with one attached hydrogen (secondary N) is 1. The summed E-state index contributed by atoms with van der Waals surface area (Å²) in [4.78, 5) is 14.3. The number of rotatable bonds is 2. The van der Waals surface area contributed by atoms with E-state index in [0.29, 0.717) is 18.7 Å². The molecule has 1 aliphatic carbocycles. The van der Waals surface area contributed by atoms with Gasteiger partial charge in [-0.1, -0.05) is 30.3 Å². The van der Waals surface area contributed by atoms with E-state index < -0.39 is 0 Å². The van der Waals surface area contributed by atoms with E-state index in [0.717, 1.165) is 24.9 Å². The predicted molar refractivity (Wildman–Crippen MR) is 77.4 cm³/mol. The summed E-state index contributed by atoms with van der Waals surface area (Å²) in [6, 6.07) is 11.0. The zero-order valence-corrected chi connectivity index (χ0v) is 11.9. The van der Waals surface area contributed by atoms with Crippen LogP contribution in [0.15, 0.2) is 30.3 Å². The van der Waals surface area contributed by atoms with Crippen LogP contribution in [0.1, 0.15) is 31.7 Å². The minimum absolute atomic E-state index is 0.171. The van der Waals surface area contributed by atoms with Gasteiger partial charge in [-0.3, -0.25) is 0 Å². The summed E-state index contributed by atoms with van der Waals surface area (Å²) in [5.74, 6) is 0. The Balaban J connectivity index is 1.63. The van der Waals surface area contributed by atoms with Crippen LogP contribution in [0.2, 0.25) is 0 Å². The smallest absolute Gasteiger partial charge is 0.410 e. The lowest BCUT2D eigenvalue weighted by Crippen LogP contribution is -2.47. The highest BCUT2D eigenvalue weighted by atomic mass is 16.6. The highest BCUT2D eigenvalue weighted by Crippen LogP contribution is 2.29. The van der Waals surface area contributed by atoms with Crippen molar-refractivity contribution in [3.8, 4) is 0 Å². The first-order valence-corrected chi connectivity index (χ1v) is 7.46. The minimum atomic E-state index is -0.171. The summed E-state index contributed by atoms with van der Waals surface area (Å²) in [5.41, 5.74) is 1.03. The third-order valence-corrected chi connectivity index (χ3v) is 4.39. The van der Waals surface area contributed by atoms with Crippen molar-refractivity contribution in [2.45, 2.75) is 50.9 Å². The number of hydrogen-bond donors (Lipinski definition) is 1. The normalized spacial score (nSPS) is 29.1. The fourth-order valence-electron chi connectivity index (χ4n) is 3.31. The monoisotopic (exact) mass is 274 g/mol. The van der Waals surface area contributed by atoms with Crippen LogP contribution in [0.5, 0.6) is 0 Å². The largest absolute Gasteiger partial charge is 0.445 e. The Morgan fingerprint density at radius 1 is 1.35 bits per heavy atom. The minimum Gasteiger partial charge on any atom is -0.445 e. The number of carbonyl (C=O) groups is 1. The van der Waals surface area contributed by atoms with Gasteiger partial charge in [-0.05, 0) is 31.7 Å². The molecule has 1 N–H and O–H groups in total. The van der Waals surface area contributed by atoms with Crippen LogP contribution in [0.4, 0.5) is 4.79 Å². The summed E-state index contributed by atoms with van der Waals surface area (Å²) in [6.07, 6.45) is 3.14. The molecule has 4 heteroatoms. The van der Waals surface area contributed by atoms with Crippen LogP contribution < -0.4 is 5.32 Å². The number of carbonyl (C=O) groups excluding carboxylic acids is 1. The fraction of sp³-hybridized carbons (Fsp3) is 0.562. The maximum absolute atomic E-state index is 12.4. The molecule has 20 heavy (non-hydrogen) atoms. The Labute approximate surface area is 120 Å². The van der Waals surface area contributed by atoms with E-state index in [1.807, 2.05) is 35.2 Å². The van der Waals surface area contributed by atoms with Crippen molar-refractivity contribution in [2.24, 2.45) is 0 Å². The second-order valence-corrected chi connectivity index (χ2v) is 5.87. The lowest BCUT2D eigenvalue weighted by Gasteiger charge is -2.32. The highest BCUT2D eigenvalue weighted by molar-refractivity contribution is 5.68. The molecule has 3 rings (SSSR count). The van der Waals surface area contributed by atoms with Gasteiger partial charge in [-0.2, -0.15) is 0 Å². The molecule has 2 bridgehead atoms. The van der Waals surface area contributed by atoms with Crippen LogP contribution in [-0.2, 0) is 11.3 Å². The molecule has 0 aromatic heterocycles. The molecule has 0 spiro atoms. The Kier molecular flexibility index (Phi) is 3.92. The number of nitrogens with zero attached hydrogens (tertiary/aromatic N) is 1. The standard InChI is InChI=1S/C16H22N2O2/c1-12-10-17-14-7-8-15(9-14)18(12)16(19)20-11-13-5-3-2-4-6-13/h2-6,12,14-15,17H,7-11H2,1H3. The summed E-state index contributed by atoms with van der Waals surface area (Å²) in [6.45, 7) is 3.31. The summed E-state index contributed by atoms with van der Waals surface area (Å²) in [5, 5.41) is 3.53. The molecule has 1 aliphatic heterocycles. The van der Waals surface area contributed by atoms with Crippen molar-refractivity contribution in [2.75, 3.05) is 6.54 Å². The zero-order valence-electron chi connectivity index (χ0n) is 11.9. The van der Waals surface area contributed by atoms with Gasteiger partial charge in [-0.15, -0.1) is 0 Å². The molecule has 1 aromatic carbocycles. The Morgan fingerprint density at radius 2 is 2.15 bits per heavy atom. The average Bonchev–Trinajstić information content (AvgIpc) is 2.85. The van der Waals surface area contributed by atoms with Crippen molar-refractivity contribution in [1.82, 2.24) is 10.2 Å². The Bertz CT molecular complexity index is 463. The van der Waals surface area contributed by atoms with E-state index in [4.69, 9.17) is 4.74 Å². The molecule has 1 saturated heterocycles. The number of benzene rings is 1. The van der Waals surface area contributed by atoms with E-state index >= 15 is 0 Å². The molecule has 1 amide bonds. The van der Waals surface area contributed by atoms with Crippen molar-refractivity contribution in [3.63, 3.8) is 0 Å². The first-order chi connectivity index (χ1) is 9.74. The topological polar surface area (TPSA) is 41.6 Å². The molecule has 108 valence electrons. The van der Waals surface area contributed by atoms with Gasteiger partial charge in [0.1, 0.15) is 6.61 Å². The SMILES string of the molecule is CC1CNC2CCC(C2)N1C(=O)OCc1ccccc1. The lowest BCUT2D eigenvalue weighted by molar-refractivity contribution is 0.0677. The molecular weight excluding hydrogens is 252 g/mol. The lowest BCUT2D eigenvalue weighted by atomic mass is 10.2. The maximum Gasteiger partial charge on any atom is 0.410 e. The molecule has 1 aromatic rings. The molecule has 3 atom stereocenters. The van der Waals surface area contributed by atoms with E-state index in [1.54, 1.807) is 0 Å². The van der Waals surface area contributed by atoms with Crippen molar-refractivity contribution >= 4 is 6.09 Å². The first kappa shape index (κ1) is 13.4. The van der Waals surface area contributed by atoms with Crippen molar-refractivity contribution < 1.29 is 9.53 Å². The van der Waals surface area contributed by atoms with Gasteiger partial charge in [0.25, 0.3) is 0 Å². The molecular formula is C16H22N2O2. The van der Waals surface area contributed by atoms with Crippen LogP contribution in [0.25, 0.3) is 0 Å². The predicted octanol–water partition coefficient (Wildman–Crippen LogP) is 2.54. The van der Waals surface area contributed by atoms with Gasteiger partial charge in [-0.25, -0.2) is 4.79 Å². The number of hydrogen-bond acceptors (Lipinski definition) is 3. The van der Waals surface area contributed by atoms with E-state index in [1.165, 1.54) is 6.42 Å². The molecule has 0 radical (unpaired) electrons. The van der Waals surface area contributed by atoms with Gasteiger partial charge in [0, 0.05) is 24.7 Å². The van der Waals surface area contributed by atoms with Gasteiger partial charge in [0.2, 0.25) is 0 Å². The summed E-state index contributed by atoms with van der Waals surface area (Å²) in [7, 11) is 0. The summed E-state index contributed by atoms with van der Waals surface area (Å²) >= 11 is 0. The summed E-state index contributed by atoms with van der Waals surface area (Å²) < 4.78 is 5.50. The molecule has 3 unspecified atom stereocenters. The second-order valence-electron chi connectivity index (χ2n) is 5.87. The Hall–Kier alpha value is -1.55. The molecule has 4 nitrogen and oxygen atoms in total. The van der Waals surface area contributed by atoms with Crippen molar-refractivity contribution in [1.29, 1.82) is 0 Å². The van der Waals surface area contributed by atoms with E-state index in [2.05, 4.69) is 12.2 Å². The van der Waals surface area contributed by atoms with E-state index in [-0.39, 0.29) is 12.1 Å².